The van der Waals surface area contributed by atoms with Gasteiger partial charge in [0.15, 0.2) is 0 Å². The molecule has 1 heterocycles. The van der Waals surface area contributed by atoms with Crippen LogP contribution in [0.15, 0.2) is 22.8 Å². The van der Waals surface area contributed by atoms with Gasteiger partial charge in [-0.3, -0.25) is 0 Å². The van der Waals surface area contributed by atoms with Crippen LogP contribution in [0.2, 0.25) is 0 Å². The summed E-state index contributed by atoms with van der Waals surface area (Å²) in [6.45, 7) is 2.62. The first-order valence-corrected chi connectivity index (χ1v) is 5.16. The lowest BCUT2D eigenvalue weighted by molar-refractivity contribution is 0.208. The summed E-state index contributed by atoms with van der Waals surface area (Å²) >= 11 is 0. The molecule has 0 aliphatic carbocycles. The molecule has 0 aliphatic rings. The van der Waals surface area contributed by atoms with E-state index >= 15 is 0 Å². The van der Waals surface area contributed by atoms with Gasteiger partial charge in [0.25, 0.3) is 0 Å². The molecule has 0 aromatic carbocycles. The number of rotatable bonds is 4. The number of urea groups is 1. The van der Waals surface area contributed by atoms with Crippen molar-refractivity contribution in [1.29, 1.82) is 0 Å². The molecule has 1 aromatic rings. The van der Waals surface area contributed by atoms with Crippen LogP contribution in [-0.4, -0.2) is 24.0 Å². The fourth-order valence-electron chi connectivity index (χ4n) is 1.17. The van der Waals surface area contributed by atoms with Gasteiger partial charge in [-0.15, -0.1) is 12.3 Å². The van der Waals surface area contributed by atoms with Crippen LogP contribution in [0, 0.1) is 24.2 Å². The molecule has 0 aliphatic heterocycles. The van der Waals surface area contributed by atoms with Crippen molar-refractivity contribution in [3.8, 4) is 24.2 Å². The van der Waals surface area contributed by atoms with Crippen molar-refractivity contribution in [3.05, 3.63) is 24.2 Å². The summed E-state index contributed by atoms with van der Waals surface area (Å²) in [6.07, 6.45) is 6.75. The number of carbonyl (C=O) groups is 1. The summed E-state index contributed by atoms with van der Waals surface area (Å²) < 4.78 is 5.10. The van der Waals surface area contributed by atoms with Crippen LogP contribution in [0.25, 0.3) is 0 Å². The smallest absolute Gasteiger partial charge is 0.319 e. The summed E-state index contributed by atoms with van der Waals surface area (Å²) in [4.78, 5) is 13.2. The first-order chi connectivity index (χ1) is 8.27. The zero-order valence-corrected chi connectivity index (χ0v) is 9.69. The molecular formula is C13H14N2O2. The number of nitrogens with one attached hydrogen (secondary N) is 1. The number of amides is 2. The van der Waals surface area contributed by atoms with Gasteiger partial charge < -0.3 is 14.6 Å². The molecule has 0 spiro atoms. The lowest BCUT2D eigenvalue weighted by Gasteiger charge is -2.17. The molecule has 0 unspecified atom stereocenters. The van der Waals surface area contributed by atoms with Crippen molar-refractivity contribution in [3.63, 3.8) is 0 Å². The Morgan fingerprint density at radius 3 is 3.00 bits per heavy atom. The molecule has 0 radical (unpaired) electrons. The van der Waals surface area contributed by atoms with Gasteiger partial charge in [0.1, 0.15) is 5.76 Å². The van der Waals surface area contributed by atoms with Gasteiger partial charge in [-0.2, -0.15) is 0 Å². The monoisotopic (exact) mass is 230 g/mol. The highest BCUT2D eigenvalue weighted by Gasteiger charge is 2.10. The van der Waals surface area contributed by atoms with Gasteiger partial charge in [0, 0.05) is 0 Å². The summed E-state index contributed by atoms with van der Waals surface area (Å²) in [7, 11) is 0. The molecule has 88 valence electrons. The zero-order valence-electron chi connectivity index (χ0n) is 9.69. The van der Waals surface area contributed by atoms with E-state index in [1.54, 1.807) is 25.3 Å². The van der Waals surface area contributed by atoms with Gasteiger partial charge in [0.2, 0.25) is 0 Å². The highest BCUT2D eigenvalue weighted by molar-refractivity contribution is 5.74. The van der Waals surface area contributed by atoms with E-state index in [9.17, 15) is 4.79 Å². The molecule has 0 fully saturated rings. The van der Waals surface area contributed by atoms with Crippen LogP contribution in [0.3, 0.4) is 0 Å². The number of carbonyl (C=O) groups excluding carboxylic acids is 1. The van der Waals surface area contributed by atoms with Crippen LogP contribution in [0.4, 0.5) is 4.79 Å². The van der Waals surface area contributed by atoms with E-state index in [0.717, 1.165) is 0 Å². The van der Waals surface area contributed by atoms with Crippen LogP contribution in [-0.2, 0) is 6.54 Å². The maximum Gasteiger partial charge on any atom is 0.319 e. The maximum atomic E-state index is 11.7. The molecule has 1 rings (SSSR count). The van der Waals surface area contributed by atoms with E-state index in [0.29, 0.717) is 18.8 Å². The molecule has 4 nitrogen and oxygen atoms in total. The quantitative estimate of drug-likeness (QED) is 0.796. The Balaban J connectivity index is 2.46. The Labute approximate surface area is 101 Å². The van der Waals surface area contributed by atoms with E-state index < -0.39 is 0 Å². The first-order valence-electron chi connectivity index (χ1n) is 5.16. The molecule has 0 bridgehead atoms. The molecule has 2 amide bonds. The van der Waals surface area contributed by atoms with Crippen molar-refractivity contribution in [2.45, 2.75) is 13.5 Å². The Hall–Kier alpha value is -2.33. The summed E-state index contributed by atoms with van der Waals surface area (Å²) in [5, 5.41) is 2.71. The summed E-state index contributed by atoms with van der Waals surface area (Å²) in [5.41, 5.74) is 0. The fraction of sp³-hybridized carbons (Fsp3) is 0.308. The normalized spacial score (nSPS) is 8.71. The molecular weight excluding hydrogens is 216 g/mol. The molecule has 0 saturated heterocycles. The first kappa shape index (κ1) is 12.7. The lowest BCUT2D eigenvalue weighted by Crippen LogP contribution is -2.40. The minimum Gasteiger partial charge on any atom is -0.467 e. The van der Waals surface area contributed by atoms with E-state index in [-0.39, 0.29) is 12.6 Å². The van der Waals surface area contributed by atoms with Crippen molar-refractivity contribution in [2.24, 2.45) is 0 Å². The van der Waals surface area contributed by atoms with Crippen LogP contribution in [0.5, 0.6) is 0 Å². The number of hydrogen-bond acceptors (Lipinski definition) is 2. The molecule has 0 atom stereocenters. The van der Waals surface area contributed by atoms with Crippen LogP contribution in [0.1, 0.15) is 12.7 Å². The predicted octanol–water partition coefficient (Wildman–Crippen LogP) is 1.45. The summed E-state index contributed by atoms with van der Waals surface area (Å²) in [6, 6.07) is 3.31. The highest BCUT2D eigenvalue weighted by atomic mass is 16.3. The SMILES string of the molecule is C#CCN(CC#CC)C(=O)NCc1ccco1. The molecule has 4 heteroatoms. The van der Waals surface area contributed by atoms with E-state index in [4.69, 9.17) is 10.8 Å². The highest BCUT2D eigenvalue weighted by Crippen LogP contribution is 1.99. The standard InChI is InChI=1S/C13H14N2O2/c1-3-5-9-15(8-4-2)13(16)14-11-12-7-6-10-17-12/h2,6-7,10H,8-9,11H2,1H3,(H,14,16). The average molecular weight is 230 g/mol. The third-order valence-electron chi connectivity index (χ3n) is 2.01. The third-order valence-corrected chi connectivity index (χ3v) is 2.01. The second kappa shape index (κ2) is 7.03. The third kappa shape index (κ3) is 4.36. The minimum absolute atomic E-state index is 0.235. The van der Waals surface area contributed by atoms with Crippen molar-refractivity contribution in [2.75, 3.05) is 13.1 Å². The van der Waals surface area contributed by atoms with Crippen molar-refractivity contribution >= 4 is 6.03 Å². The fourth-order valence-corrected chi connectivity index (χ4v) is 1.17. The molecule has 1 N–H and O–H groups in total. The predicted molar refractivity (Wildman–Crippen MR) is 64.8 cm³/mol. The largest absolute Gasteiger partial charge is 0.467 e. The van der Waals surface area contributed by atoms with Gasteiger partial charge >= 0.3 is 6.03 Å². The number of nitrogens with zero attached hydrogens (tertiary/aromatic N) is 1. The Morgan fingerprint density at radius 2 is 2.41 bits per heavy atom. The van der Waals surface area contributed by atoms with Gasteiger partial charge in [-0.1, -0.05) is 11.8 Å². The Kier molecular flexibility index (Phi) is 5.27. The molecule has 0 saturated carbocycles. The van der Waals surface area contributed by atoms with E-state index in [2.05, 4.69) is 23.1 Å². The topological polar surface area (TPSA) is 45.5 Å². The molecule has 17 heavy (non-hydrogen) atoms. The second-order valence-electron chi connectivity index (χ2n) is 3.23. The van der Waals surface area contributed by atoms with E-state index in [1.165, 1.54) is 4.90 Å². The average Bonchev–Trinajstić information content (AvgIpc) is 2.84. The second-order valence-corrected chi connectivity index (χ2v) is 3.23. The minimum atomic E-state index is -0.248. The maximum absolute atomic E-state index is 11.7. The van der Waals surface area contributed by atoms with Gasteiger partial charge in [-0.05, 0) is 19.1 Å². The Morgan fingerprint density at radius 1 is 1.59 bits per heavy atom. The molecule has 1 aromatic heterocycles. The van der Waals surface area contributed by atoms with Crippen molar-refractivity contribution < 1.29 is 9.21 Å². The zero-order chi connectivity index (χ0) is 12.5. The van der Waals surface area contributed by atoms with Gasteiger partial charge in [0.05, 0.1) is 25.9 Å². The number of hydrogen-bond donors (Lipinski definition) is 1. The van der Waals surface area contributed by atoms with Crippen LogP contribution >= 0.6 is 0 Å². The van der Waals surface area contributed by atoms with E-state index in [1.807, 2.05) is 0 Å². The van der Waals surface area contributed by atoms with Crippen LogP contribution < -0.4 is 5.32 Å². The Bertz CT molecular complexity index is 446. The number of terminal acetylenes is 1. The van der Waals surface area contributed by atoms with Gasteiger partial charge in [-0.25, -0.2) is 4.79 Å². The lowest BCUT2D eigenvalue weighted by atomic mass is 10.4. The van der Waals surface area contributed by atoms with Crippen molar-refractivity contribution in [1.82, 2.24) is 10.2 Å². The number of furan rings is 1. The summed E-state index contributed by atoms with van der Waals surface area (Å²) in [5.74, 6) is 8.65.